The molecule has 0 unspecified atom stereocenters. The fraction of sp³-hybridized carbons (Fsp3) is 0.684. The van der Waals surface area contributed by atoms with E-state index in [1.807, 2.05) is 21.0 Å². The molecule has 1 saturated heterocycles. The molecule has 11 nitrogen and oxygen atoms in total. The maximum atomic E-state index is 13.5. The number of anilines is 1. The van der Waals surface area contributed by atoms with Crippen LogP contribution in [0.2, 0.25) is 0 Å². The van der Waals surface area contributed by atoms with E-state index in [4.69, 9.17) is 4.18 Å². The van der Waals surface area contributed by atoms with Gasteiger partial charge in [-0.2, -0.15) is 12.7 Å². The van der Waals surface area contributed by atoms with Crippen LogP contribution >= 0.6 is 0 Å². The molecule has 0 spiro atoms. The quantitative estimate of drug-likeness (QED) is 0.256. The third-order valence-electron chi connectivity index (χ3n) is 5.42. The summed E-state index contributed by atoms with van der Waals surface area (Å²) in [7, 11) is -3.75. The van der Waals surface area contributed by atoms with Crippen molar-refractivity contribution in [3.63, 3.8) is 0 Å². The summed E-state index contributed by atoms with van der Waals surface area (Å²) in [6.45, 7) is 2.91. The Morgan fingerprint density at radius 2 is 1.78 bits per heavy atom. The molecular weight excluding hydrogens is 460 g/mol. The minimum atomic E-state index is -4.00. The molecule has 2 rings (SSSR count). The molecular formula is C19H32N4O7S2. The van der Waals surface area contributed by atoms with Crippen LogP contribution in [0.15, 0.2) is 23.1 Å². The van der Waals surface area contributed by atoms with Crippen molar-refractivity contribution < 1.29 is 25.9 Å². The molecule has 0 aromatic heterocycles. The van der Waals surface area contributed by atoms with E-state index in [-0.39, 0.29) is 29.8 Å². The topological polar surface area (TPSA) is 130 Å². The molecule has 0 radical (unpaired) electrons. The Morgan fingerprint density at radius 1 is 1.16 bits per heavy atom. The van der Waals surface area contributed by atoms with Gasteiger partial charge in [-0.1, -0.05) is 6.92 Å². The fourth-order valence-corrected chi connectivity index (χ4v) is 5.82. The zero-order valence-corrected chi connectivity index (χ0v) is 20.6. The minimum absolute atomic E-state index is 0.115. The van der Waals surface area contributed by atoms with Crippen molar-refractivity contribution in [3.05, 3.63) is 28.3 Å². The SMILES string of the molecule is CCCN(CCOS(C)(=O)=O)c1ccc([N+](=O)[O-])cc1S(=O)(=O)N1CCC(N(C)C)CC1. The Kier molecular flexibility index (Phi) is 8.99. The molecule has 1 heterocycles. The number of nitro benzene ring substituents is 1. The molecule has 0 amide bonds. The highest BCUT2D eigenvalue weighted by Crippen LogP contribution is 2.33. The summed E-state index contributed by atoms with van der Waals surface area (Å²) in [6, 6.07) is 4.03. The molecule has 1 fully saturated rings. The Balaban J connectivity index is 2.42. The number of rotatable bonds is 11. The lowest BCUT2D eigenvalue weighted by atomic mass is 10.1. The Morgan fingerprint density at radius 3 is 2.28 bits per heavy atom. The first kappa shape index (κ1) is 26.5. The van der Waals surface area contributed by atoms with Crippen LogP contribution in [-0.4, -0.2) is 90.1 Å². The summed E-state index contributed by atoms with van der Waals surface area (Å²) < 4.78 is 55.9. The highest BCUT2D eigenvalue weighted by molar-refractivity contribution is 7.89. The summed E-state index contributed by atoms with van der Waals surface area (Å²) in [5, 5.41) is 11.4. The average molecular weight is 493 g/mol. The van der Waals surface area contributed by atoms with Gasteiger partial charge in [0.05, 0.1) is 23.5 Å². The van der Waals surface area contributed by atoms with Gasteiger partial charge in [0.25, 0.3) is 15.8 Å². The van der Waals surface area contributed by atoms with Gasteiger partial charge < -0.3 is 9.80 Å². The first-order valence-electron chi connectivity index (χ1n) is 10.4. The highest BCUT2D eigenvalue weighted by Gasteiger charge is 2.34. The van der Waals surface area contributed by atoms with E-state index in [2.05, 4.69) is 4.90 Å². The standard InChI is InChI=1S/C19H32N4O7S2/c1-5-10-21(13-14-30-31(4,26)27)18-7-6-17(23(24)25)15-19(18)32(28,29)22-11-8-16(9-12-22)20(2)3/h6-7,15-16H,5,8-14H2,1-4H3. The first-order valence-corrected chi connectivity index (χ1v) is 13.7. The van der Waals surface area contributed by atoms with Gasteiger partial charge in [0.15, 0.2) is 0 Å². The Labute approximate surface area is 190 Å². The van der Waals surface area contributed by atoms with Crippen LogP contribution < -0.4 is 4.90 Å². The zero-order chi connectivity index (χ0) is 24.1. The molecule has 1 aliphatic heterocycles. The zero-order valence-electron chi connectivity index (χ0n) is 18.9. The van der Waals surface area contributed by atoms with Crippen molar-refractivity contribution in [1.29, 1.82) is 0 Å². The van der Waals surface area contributed by atoms with Crippen molar-refractivity contribution in [3.8, 4) is 0 Å². The Bertz CT molecular complexity index is 1000. The molecule has 1 aromatic rings. The van der Waals surface area contributed by atoms with Gasteiger partial charge in [0.1, 0.15) is 4.90 Å². The number of non-ortho nitro benzene ring substituents is 1. The van der Waals surface area contributed by atoms with E-state index < -0.39 is 25.1 Å². The number of benzene rings is 1. The molecule has 32 heavy (non-hydrogen) atoms. The van der Waals surface area contributed by atoms with Crippen molar-refractivity contribution in [1.82, 2.24) is 9.21 Å². The summed E-state index contributed by atoms with van der Waals surface area (Å²) >= 11 is 0. The van der Waals surface area contributed by atoms with Crippen LogP contribution in [0.5, 0.6) is 0 Å². The lowest BCUT2D eigenvalue weighted by molar-refractivity contribution is -0.385. The first-order chi connectivity index (χ1) is 14.9. The molecule has 1 aliphatic rings. The predicted octanol–water partition coefficient (Wildman–Crippen LogP) is 1.50. The number of nitrogens with zero attached hydrogens (tertiary/aromatic N) is 4. The second-order valence-electron chi connectivity index (χ2n) is 8.02. The molecule has 0 saturated carbocycles. The van der Waals surface area contributed by atoms with Crippen molar-refractivity contribution in [2.45, 2.75) is 37.1 Å². The van der Waals surface area contributed by atoms with Gasteiger partial charge in [-0.05, 0) is 39.4 Å². The molecule has 13 heteroatoms. The van der Waals surface area contributed by atoms with E-state index in [1.54, 1.807) is 4.90 Å². The van der Waals surface area contributed by atoms with Gasteiger partial charge in [-0.3, -0.25) is 14.3 Å². The molecule has 182 valence electrons. The van der Waals surface area contributed by atoms with E-state index in [9.17, 15) is 26.9 Å². The van der Waals surface area contributed by atoms with Crippen LogP contribution in [0, 0.1) is 10.1 Å². The largest absolute Gasteiger partial charge is 0.368 e. The third-order valence-corrected chi connectivity index (χ3v) is 7.94. The normalized spacial score (nSPS) is 16.4. The number of sulfonamides is 1. The predicted molar refractivity (Wildman–Crippen MR) is 122 cm³/mol. The average Bonchev–Trinajstić information content (AvgIpc) is 2.71. The number of hydrogen-bond acceptors (Lipinski definition) is 9. The lowest BCUT2D eigenvalue weighted by Gasteiger charge is -2.35. The number of hydrogen-bond donors (Lipinski definition) is 0. The molecule has 1 aromatic carbocycles. The van der Waals surface area contributed by atoms with Gasteiger partial charge in [0, 0.05) is 44.4 Å². The van der Waals surface area contributed by atoms with Gasteiger partial charge in [0.2, 0.25) is 10.0 Å². The van der Waals surface area contributed by atoms with Crippen LogP contribution in [-0.2, 0) is 24.3 Å². The molecule has 0 aliphatic carbocycles. The highest BCUT2D eigenvalue weighted by atomic mass is 32.2. The van der Waals surface area contributed by atoms with E-state index in [0.717, 1.165) is 12.3 Å². The van der Waals surface area contributed by atoms with Crippen molar-refractivity contribution in [2.75, 3.05) is 58.0 Å². The second-order valence-corrected chi connectivity index (χ2v) is 11.6. The maximum absolute atomic E-state index is 13.5. The van der Waals surface area contributed by atoms with Crippen LogP contribution in [0.4, 0.5) is 11.4 Å². The van der Waals surface area contributed by atoms with Gasteiger partial charge in [-0.25, -0.2) is 8.42 Å². The fourth-order valence-electron chi connectivity index (χ4n) is 3.74. The van der Waals surface area contributed by atoms with E-state index in [1.165, 1.54) is 16.4 Å². The smallest absolute Gasteiger partial charge is 0.270 e. The second kappa shape index (κ2) is 10.9. The minimum Gasteiger partial charge on any atom is -0.368 e. The van der Waals surface area contributed by atoms with Crippen LogP contribution in [0.1, 0.15) is 26.2 Å². The molecule has 0 N–H and O–H groups in total. The molecule has 0 bridgehead atoms. The van der Waals surface area contributed by atoms with E-state index in [0.29, 0.717) is 44.6 Å². The lowest BCUT2D eigenvalue weighted by Crippen LogP contribution is -2.44. The third kappa shape index (κ3) is 6.85. The number of piperidine rings is 1. The van der Waals surface area contributed by atoms with E-state index >= 15 is 0 Å². The summed E-state index contributed by atoms with van der Waals surface area (Å²) in [5.74, 6) is 0. The maximum Gasteiger partial charge on any atom is 0.270 e. The van der Waals surface area contributed by atoms with Crippen LogP contribution in [0.3, 0.4) is 0 Å². The summed E-state index contributed by atoms with van der Waals surface area (Å²) in [4.78, 5) is 14.3. The number of nitro groups is 1. The van der Waals surface area contributed by atoms with Crippen molar-refractivity contribution in [2.24, 2.45) is 0 Å². The summed E-state index contributed by atoms with van der Waals surface area (Å²) in [5.41, 5.74) is -0.0244. The van der Waals surface area contributed by atoms with Crippen molar-refractivity contribution >= 4 is 31.5 Å². The van der Waals surface area contributed by atoms with Crippen LogP contribution in [0.25, 0.3) is 0 Å². The Hall–Kier alpha value is -1.80. The monoisotopic (exact) mass is 492 g/mol. The molecule has 0 atom stereocenters. The van der Waals surface area contributed by atoms with Gasteiger partial charge >= 0.3 is 0 Å². The summed E-state index contributed by atoms with van der Waals surface area (Å²) in [6.07, 6.45) is 2.93. The van der Waals surface area contributed by atoms with Gasteiger partial charge in [-0.15, -0.1) is 0 Å².